The summed E-state index contributed by atoms with van der Waals surface area (Å²) in [7, 11) is 0. The molecule has 2 aromatic carbocycles. The van der Waals surface area contributed by atoms with Crippen LogP contribution in [-0.2, 0) is 11.2 Å². The Morgan fingerprint density at radius 1 is 1.26 bits per heavy atom. The van der Waals surface area contributed by atoms with Gasteiger partial charge in [-0.05, 0) is 17.7 Å². The van der Waals surface area contributed by atoms with Crippen molar-refractivity contribution >= 4 is 28.8 Å². The fourth-order valence-corrected chi connectivity index (χ4v) is 2.47. The van der Waals surface area contributed by atoms with Crippen LogP contribution in [0.15, 0.2) is 62.8 Å². The fraction of sp³-hybridized carbons (Fsp3) is 0.0556. The van der Waals surface area contributed by atoms with Crippen molar-refractivity contribution in [1.82, 2.24) is 5.43 Å². The van der Waals surface area contributed by atoms with Gasteiger partial charge in [-0.3, -0.25) is 14.9 Å². The first-order chi connectivity index (χ1) is 12.9. The number of amides is 1. The van der Waals surface area contributed by atoms with Gasteiger partial charge in [0.1, 0.15) is 11.3 Å². The van der Waals surface area contributed by atoms with Crippen molar-refractivity contribution in [2.75, 3.05) is 0 Å². The average molecular weight is 367 g/mol. The third-order valence-electron chi connectivity index (χ3n) is 3.65. The molecule has 0 atom stereocenters. The van der Waals surface area contributed by atoms with Gasteiger partial charge in [0.25, 0.3) is 5.69 Å². The number of nitro benzene ring substituents is 1. The second kappa shape index (κ2) is 7.48. The van der Waals surface area contributed by atoms with Gasteiger partial charge in [-0.15, -0.1) is 0 Å². The molecule has 0 radical (unpaired) electrons. The van der Waals surface area contributed by atoms with Crippen LogP contribution in [0.4, 0.5) is 5.69 Å². The summed E-state index contributed by atoms with van der Waals surface area (Å²) in [5, 5.41) is 24.5. The van der Waals surface area contributed by atoms with Crippen LogP contribution in [0.2, 0.25) is 0 Å². The van der Waals surface area contributed by atoms with Gasteiger partial charge < -0.3 is 9.52 Å². The number of non-ortho nitro benzene ring substituents is 1. The van der Waals surface area contributed by atoms with E-state index in [0.717, 1.165) is 0 Å². The predicted octanol–water partition coefficient (Wildman–Crippen LogP) is 2.10. The van der Waals surface area contributed by atoms with Gasteiger partial charge in [0.15, 0.2) is 0 Å². The summed E-state index contributed by atoms with van der Waals surface area (Å²) in [5.74, 6) is -0.550. The molecule has 0 aliphatic rings. The van der Waals surface area contributed by atoms with E-state index in [1.54, 1.807) is 12.1 Å². The molecule has 0 bridgehead atoms. The predicted molar refractivity (Wildman–Crippen MR) is 96.7 cm³/mol. The minimum absolute atomic E-state index is 0.0613. The van der Waals surface area contributed by atoms with E-state index < -0.39 is 16.5 Å². The molecule has 0 saturated heterocycles. The van der Waals surface area contributed by atoms with Crippen molar-refractivity contribution in [3.8, 4) is 5.75 Å². The SMILES string of the molecule is O=C(Cc1cc(=O)oc2cc(O)ccc12)N/N=C/c1cccc([N+](=O)[O-])c1. The highest BCUT2D eigenvalue weighted by molar-refractivity contribution is 5.88. The van der Waals surface area contributed by atoms with Crippen molar-refractivity contribution in [3.63, 3.8) is 0 Å². The molecule has 0 spiro atoms. The van der Waals surface area contributed by atoms with E-state index in [2.05, 4.69) is 10.5 Å². The number of hydrazone groups is 1. The molecule has 9 nitrogen and oxygen atoms in total. The zero-order valence-electron chi connectivity index (χ0n) is 13.8. The number of carbonyl (C=O) groups is 1. The number of rotatable bonds is 5. The molecule has 27 heavy (non-hydrogen) atoms. The summed E-state index contributed by atoms with van der Waals surface area (Å²) in [5.41, 5.74) is 2.61. The Bertz CT molecular complexity index is 1120. The monoisotopic (exact) mass is 367 g/mol. The quantitative estimate of drug-likeness (QED) is 0.307. The Kier molecular flexibility index (Phi) is 4.93. The Morgan fingerprint density at radius 3 is 2.85 bits per heavy atom. The van der Waals surface area contributed by atoms with Crippen molar-refractivity contribution in [3.05, 3.63) is 80.2 Å². The second-order valence-electron chi connectivity index (χ2n) is 5.59. The molecule has 0 aliphatic carbocycles. The van der Waals surface area contributed by atoms with Gasteiger partial charge in [-0.2, -0.15) is 5.10 Å². The molecule has 0 unspecified atom stereocenters. The molecular weight excluding hydrogens is 354 g/mol. The second-order valence-corrected chi connectivity index (χ2v) is 5.59. The van der Waals surface area contributed by atoms with Crippen molar-refractivity contribution < 1.29 is 19.2 Å². The largest absolute Gasteiger partial charge is 0.508 e. The average Bonchev–Trinajstić information content (AvgIpc) is 2.61. The molecule has 1 aromatic heterocycles. The lowest BCUT2D eigenvalue weighted by Gasteiger charge is -2.05. The number of phenols is 1. The van der Waals surface area contributed by atoms with Crippen molar-refractivity contribution in [1.29, 1.82) is 0 Å². The van der Waals surface area contributed by atoms with Crippen LogP contribution in [0.25, 0.3) is 11.0 Å². The standard InChI is InChI=1S/C18H13N3O6/c22-14-4-5-15-12(8-18(24)27-16(15)9-14)7-17(23)20-19-10-11-2-1-3-13(6-11)21(25)26/h1-6,8-10,22H,7H2,(H,20,23)/b19-10+. The highest BCUT2D eigenvalue weighted by atomic mass is 16.6. The molecule has 2 N–H and O–H groups in total. The first-order valence-electron chi connectivity index (χ1n) is 7.74. The molecule has 0 saturated carbocycles. The maximum absolute atomic E-state index is 12.1. The number of nitrogens with zero attached hydrogens (tertiary/aromatic N) is 2. The van der Waals surface area contributed by atoms with Crippen LogP contribution in [0.3, 0.4) is 0 Å². The molecule has 136 valence electrons. The van der Waals surface area contributed by atoms with E-state index >= 15 is 0 Å². The minimum Gasteiger partial charge on any atom is -0.508 e. The first kappa shape index (κ1) is 17.8. The Labute approximate surface area is 151 Å². The number of phenolic OH excluding ortho intramolecular Hbond substituents is 1. The maximum atomic E-state index is 12.1. The van der Waals surface area contributed by atoms with Gasteiger partial charge in [0.05, 0.1) is 17.6 Å². The van der Waals surface area contributed by atoms with Gasteiger partial charge in [0, 0.05) is 35.2 Å². The van der Waals surface area contributed by atoms with E-state index in [0.29, 0.717) is 16.5 Å². The van der Waals surface area contributed by atoms with Gasteiger partial charge in [-0.25, -0.2) is 10.2 Å². The number of carbonyl (C=O) groups excluding carboxylic acids is 1. The van der Waals surface area contributed by atoms with Crippen LogP contribution in [-0.4, -0.2) is 22.2 Å². The molecular formula is C18H13N3O6. The topological polar surface area (TPSA) is 135 Å². The number of hydrogen-bond acceptors (Lipinski definition) is 7. The third-order valence-corrected chi connectivity index (χ3v) is 3.65. The van der Waals surface area contributed by atoms with Crippen LogP contribution < -0.4 is 11.1 Å². The van der Waals surface area contributed by atoms with Gasteiger partial charge in [0.2, 0.25) is 5.91 Å². The molecule has 1 heterocycles. The van der Waals surface area contributed by atoms with Gasteiger partial charge >= 0.3 is 5.63 Å². The third kappa shape index (κ3) is 4.34. The summed E-state index contributed by atoms with van der Waals surface area (Å²) < 4.78 is 5.00. The fourth-order valence-electron chi connectivity index (χ4n) is 2.47. The van der Waals surface area contributed by atoms with Gasteiger partial charge in [-0.1, -0.05) is 12.1 Å². The number of benzene rings is 2. The molecule has 0 fully saturated rings. The zero-order valence-corrected chi connectivity index (χ0v) is 13.8. The van der Waals surface area contributed by atoms with Crippen LogP contribution >= 0.6 is 0 Å². The molecule has 3 rings (SSSR count). The maximum Gasteiger partial charge on any atom is 0.336 e. The van der Waals surface area contributed by atoms with Crippen LogP contribution in [0.1, 0.15) is 11.1 Å². The normalized spacial score (nSPS) is 11.0. The van der Waals surface area contributed by atoms with Crippen LogP contribution in [0.5, 0.6) is 5.75 Å². The first-order valence-corrected chi connectivity index (χ1v) is 7.74. The lowest BCUT2D eigenvalue weighted by Crippen LogP contribution is -2.20. The van der Waals surface area contributed by atoms with E-state index in [1.165, 1.54) is 42.6 Å². The van der Waals surface area contributed by atoms with Crippen molar-refractivity contribution in [2.24, 2.45) is 5.10 Å². The Morgan fingerprint density at radius 2 is 2.07 bits per heavy atom. The zero-order chi connectivity index (χ0) is 19.4. The number of fused-ring (bicyclic) bond motifs is 1. The molecule has 9 heteroatoms. The number of aromatic hydroxyl groups is 1. The summed E-state index contributed by atoms with van der Waals surface area (Å²) in [6, 6.07) is 11.2. The number of nitrogens with one attached hydrogen (secondary N) is 1. The number of nitro groups is 1. The summed E-state index contributed by atoms with van der Waals surface area (Å²) in [6.45, 7) is 0. The van der Waals surface area contributed by atoms with Crippen LogP contribution in [0, 0.1) is 10.1 Å². The van der Waals surface area contributed by atoms with E-state index in [9.17, 15) is 24.8 Å². The van der Waals surface area contributed by atoms with E-state index in [1.807, 2.05) is 0 Å². The Hall–Kier alpha value is -4.01. The lowest BCUT2D eigenvalue weighted by atomic mass is 10.1. The number of hydrogen-bond donors (Lipinski definition) is 2. The minimum atomic E-state index is -0.643. The summed E-state index contributed by atoms with van der Waals surface area (Å²) in [4.78, 5) is 33.9. The van der Waals surface area contributed by atoms with Crippen molar-refractivity contribution in [2.45, 2.75) is 6.42 Å². The summed E-state index contributed by atoms with van der Waals surface area (Å²) >= 11 is 0. The molecule has 3 aromatic rings. The van der Waals surface area contributed by atoms with E-state index in [4.69, 9.17) is 4.42 Å². The lowest BCUT2D eigenvalue weighted by molar-refractivity contribution is -0.384. The highest BCUT2D eigenvalue weighted by Crippen LogP contribution is 2.22. The molecule has 1 amide bonds. The highest BCUT2D eigenvalue weighted by Gasteiger charge is 2.10. The smallest absolute Gasteiger partial charge is 0.336 e. The van der Waals surface area contributed by atoms with E-state index in [-0.39, 0.29) is 23.4 Å². The summed E-state index contributed by atoms with van der Waals surface area (Å²) in [6.07, 6.45) is 1.14. The molecule has 0 aliphatic heterocycles. The Balaban J connectivity index is 1.73.